The SMILES string of the molecule is c1ccc(-c2ccc(-c3cc4nc(-c5ccc(N(c6ccccc6)c6ccc(-c7cn8ccccc8n7)cc6)cc5)c(-c5ccc(N(c6ccccc6)c6ccc(-c7cn8ccccc8n7)cc6)cc5)nc4cc3-c3ccc(-c4ccccc4)cc3)cc2)cc1. The molecule has 0 saturated carbocycles. The number of fused-ring (bicyclic) bond motifs is 3. The highest BCUT2D eigenvalue weighted by Gasteiger charge is 2.21. The third kappa shape index (κ3) is 10.4. The molecule has 5 heterocycles. The summed E-state index contributed by atoms with van der Waals surface area (Å²) in [7, 11) is 0. The first-order valence-electron chi connectivity index (χ1n) is 30.2. The van der Waals surface area contributed by atoms with E-state index in [1.807, 2.05) is 48.8 Å². The molecule has 0 aliphatic rings. The van der Waals surface area contributed by atoms with Gasteiger partial charge in [0.1, 0.15) is 11.3 Å². The van der Waals surface area contributed by atoms with Crippen molar-refractivity contribution in [3.05, 3.63) is 340 Å². The zero-order valence-corrected chi connectivity index (χ0v) is 48.9. The third-order valence-corrected chi connectivity index (χ3v) is 16.8. The molecule has 8 nitrogen and oxygen atoms in total. The summed E-state index contributed by atoms with van der Waals surface area (Å²) in [6, 6.07) is 111. The summed E-state index contributed by atoms with van der Waals surface area (Å²) in [5, 5.41) is 0. The molecule has 0 amide bonds. The van der Waals surface area contributed by atoms with Crippen LogP contribution in [0.2, 0.25) is 0 Å². The van der Waals surface area contributed by atoms with Crippen molar-refractivity contribution in [2.45, 2.75) is 0 Å². The molecule has 5 aromatic heterocycles. The molecule has 0 spiro atoms. The number of aromatic nitrogens is 6. The van der Waals surface area contributed by atoms with Crippen LogP contribution in [0, 0.1) is 0 Å². The van der Waals surface area contributed by atoms with Crippen molar-refractivity contribution in [1.82, 2.24) is 28.7 Å². The van der Waals surface area contributed by atoms with Crippen LogP contribution in [0.5, 0.6) is 0 Å². The summed E-state index contributed by atoms with van der Waals surface area (Å²) in [6.07, 6.45) is 8.22. The monoisotopic (exact) mass is 1150 g/mol. The molecule has 0 saturated heterocycles. The first-order chi connectivity index (χ1) is 44.6. The van der Waals surface area contributed by atoms with Crippen LogP contribution in [-0.2, 0) is 0 Å². The van der Waals surface area contributed by atoms with Gasteiger partial charge in [-0.1, -0.05) is 206 Å². The lowest BCUT2D eigenvalue weighted by Crippen LogP contribution is -2.10. The number of imidazole rings is 2. The van der Waals surface area contributed by atoms with E-state index >= 15 is 0 Å². The van der Waals surface area contributed by atoms with Crippen LogP contribution in [0.4, 0.5) is 34.1 Å². The molecule has 0 fully saturated rings. The summed E-state index contributed by atoms with van der Waals surface area (Å²) in [5.74, 6) is 0. The van der Waals surface area contributed by atoms with Crippen LogP contribution >= 0.6 is 0 Å². The van der Waals surface area contributed by atoms with Crippen molar-refractivity contribution < 1.29 is 0 Å². The lowest BCUT2D eigenvalue weighted by Gasteiger charge is -2.26. The molecule has 16 rings (SSSR count). The Morgan fingerprint density at radius 1 is 0.222 bits per heavy atom. The summed E-state index contributed by atoms with van der Waals surface area (Å²) in [5.41, 5.74) is 25.9. The fourth-order valence-electron chi connectivity index (χ4n) is 12.2. The predicted molar refractivity (Wildman–Crippen MR) is 370 cm³/mol. The molecule has 90 heavy (non-hydrogen) atoms. The van der Waals surface area contributed by atoms with Crippen LogP contribution in [0.25, 0.3) is 112 Å². The van der Waals surface area contributed by atoms with Crippen molar-refractivity contribution in [2.75, 3.05) is 9.80 Å². The summed E-state index contributed by atoms with van der Waals surface area (Å²) in [6.45, 7) is 0. The van der Waals surface area contributed by atoms with Gasteiger partial charge in [0.15, 0.2) is 0 Å². The molecule has 8 heteroatoms. The van der Waals surface area contributed by atoms with E-state index in [9.17, 15) is 0 Å². The quantitative estimate of drug-likeness (QED) is 0.108. The maximum atomic E-state index is 5.71. The lowest BCUT2D eigenvalue weighted by molar-refractivity contribution is 1.19. The van der Waals surface area contributed by atoms with Crippen LogP contribution in [0.15, 0.2) is 340 Å². The molecular formula is C82H56N8. The van der Waals surface area contributed by atoms with Gasteiger partial charge in [0.2, 0.25) is 0 Å². The molecule has 0 N–H and O–H groups in total. The smallest absolute Gasteiger partial charge is 0.137 e. The fraction of sp³-hybridized carbons (Fsp3) is 0. The van der Waals surface area contributed by atoms with E-state index in [-0.39, 0.29) is 0 Å². The van der Waals surface area contributed by atoms with Crippen molar-refractivity contribution in [2.24, 2.45) is 0 Å². The highest BCUT2D eigenvalue weighted by molar-refractivity contribution is 5.97. The zero-order chi connectivity index (χ0) is 59.7. The average Bonchev–Trinajstić information content (AvgIpc) is 1.38. The van der Waals surface area contributed by atoms with E-state index in [0.717, 1.165) is 135 Å². The first-order valence-corrected chi connectivity index (χ1v) is 30.2. The molecule has 0 aliphatic carbocycles. The Morgan fingerprint density at radius 2 is 0.500 bits per heavy atom. The largest absolute Gasteiger partial charge is 0.311 e. The van der Waals surface area contributed by atoms with E-state index in [1.165, 1.54) is 11.1 Å². The van der Waals surface area contributed by atoms with Gasteiger partial charge < -0.3 is 18.6 Å². The minimum atomic E-state index is 0.776. The lowest BCUT2D eigenvalue weighted by atomic mass is 9.91. The molecule has 0 atom stereocenters. The molecule has 0 unspecified atom stereocenters. The molecular weight excluding hydrogens is 1100 g/mol. The number of hydrogen-bond acceptors (Lipinski definition) is 6. The van der Waals surface area contributed by atoms with Crippen molar-refractivity contribution in [1.29, 1.82) is 0 Å². The standard InChI is InChI=1S/C82H56N8/c1-5-17-57(18-6-1)59-27-31-61(32-28-59)73-53-75-76(54-74(73)62-33-29-60(30-34-62)58-19-7-2-8-20-58)86-82(66-41-49-72(50-42-66)90(68-23-11-4-12-24-68)70-45-37-64(38-46-70)78-56-88-52-16-14-26-80(88)84-78)81(85-75)65-39-47-71(48-40-65)89(67-21-9-3-10-22-67)69-43-35-63(36-44-69)77-55-87-51-15-13-25-79(87)83-77/h1-56H. The van der Waals surface area contributed by atoms with Gasteiger partial charge in [-0.2, -0.15) is 0 Å². The molecule has 0 bridgehead atoms. The van der Waals surface area contributed by atoms with Gasteiger partial charge in [0.25, 0.3) is 0 Å². The Balaban J connectivity index is 0.824. The Hall–Kier alpha value is -12.3. The summed E-state index contributed by atoms with van der Waals surface area (Å²) in [4.78, 5) is 25.8. The number of pyridine rings is 2. The number of anilines is 6. The maximum Gasteiger partial charge on any atom is 0.137 e. The third-order valence-electron chi connectivity index (χ3n) is 16.8. The van der Waals surface area contributed by atoms with Crippen molar-refractivity contribution in [3.63, 3.8) is 0 Å². The number of nitrogens with zero attached hydrogens (tertiary/aromatic N) is 8. The van der Waals surface area contributed by atoms with Crippen LogP contribution in [-0.4, -0.2) is 28.7 Å². The Morgan fingerprint density at radius 3 is 0.844 bits per heavy atom. The van der Waals surface area contributed by atoms with Crippen LogP contribution in [0.3, 0.4) is 0 Å². The highest BCUT2D eigenvalue weighted by atomic mass is 15.1. The normalized spacial score (nSPS) is 11.3. The summed E-state index contributed by atoms with van der Waals surface area (Å²) < 4.78 is 4.11. The maximum absolute atomic E-state index is 5.71. The van der Waals surface area contributed by atoms with Gasteiger partial charge >= 0.3 is 0 Å². The minimum absolute atomic E-state index is 0.776. The minimum Gasteiger partial charge on any atom is -0.311 e. The van der Waals surface area contributed by atoms with E-state index in [4.69, 9.17) is 19.9 Å². The van der Waals surface area contributed by atoms with Crippen LogP contribution in [0.1, 0.15) is 0 Å². The van der Waals surface area contributed by atoms with E-state index in [1.54, 1.807) is 0 Å². The summed E-state index contributed by atoms with van der Waals surface area (Å²) >= 11 is 0. The fourth-order valence-corrected chi connectivity index (χ4v) is 12.2. The first kappa shape index (κ1) is 53.2. The van der Waals surface area contributed by atoms with Crippen molar-refractivity contribution >= 4 is 56.5 Å². The Labute approximate surface area is 521 Å². The van der Waals surface area contributed by atoms with E-state index < -0.39 is 0 Å². The van der Waals surface area contributed by atoms with Gasteiger partial charge in [-0.3, -0.25) is 0 Å². The Bertz CT molecular complexity index is 4770. The van der Waals surface area contributed by atoms with Gasteiger partial charge in [0, 0.05) is 81.2 Å². The van der Waals surface area contributed by atoms with E-state index in [2.05, 4.69) is 310 Å². The van der Waals surface area contributed by atoms with Crippen LogP contribution < -0.4 is 9.80 Å². The number of rotatable bonds is 14. The molecule has 16 aromatic rings. The van der Waals surface area contributed by atoms with E-state index in [0.29, 0.717) is 0 Å². The number of hydrogen-bond donors (Lipinski definition) is 0. The molecule has 424 valence electrons. The topological polar surface area (TPSA) is 66.9 Å². The van der Waals surface area contributed by atoms with Gasteiger partial charge in [-0.25, -0.2) is 19.9 Å². The Kier molecular flexibility index (Phi) is 13.7. The van der Waals surface area contributed by atoms with Gasteiger partial charge in [-0.05, 0) is 154 Å². The number of para-hydroxylation sites is 2. The molecule has 11 aromatic carbocycles. The second-order valence-corrected chi connectivity index (χ2v) is 22.4. The molecule has 0 radical (unpaired) electrons. The zero-order valence-electron chi connectivity index (χ0n) is 48.9. The molecule has 0 aliphatic heterocycles. The predicted octanol–water partition coefficient (Wildman–Crippen LogP) is 21.2. The average molecular weight is 1150 g/mol. The highest BCUT2D eigenvalue weighted by Crippen LogP contribution is 2.43. The van der Waals surface area contributed by atoms with Crippen molar-refractivity contribution in [3.8, 4) is 89.5 Å². The van der Waals surface area contributed by atoms with Gasteiger partial charge in [0.05, 0.1) is 33.8 Å². The second kappa shape index (κ2) is 23.2. The van der Waals surface area contributed by atoms with Gasteiger partial charge in [-0.15, -0.1) is 0 Å². The second-order valence-electron chi connectivity index (χ2n) is 22.4. The number of benzene rings is 11.